The summed E-state index contributed by atoms with van der Waals surface area (Å²) in [5.41, 5.74) is 2.63. The van der Waals surface area contributed by atoms with Crippen LogP contribution in [-0.4, -0.2) is 10.9 Å². The van der Waals surface area contributed by atoms with Gasteiger partial charge in [-0.15, -0.1) is 0 Å². The number of oxazole rings is 1. The third-order valence-electron chi connectivity index (χ3n) is 3.92. The van der Waals surface area contributed by atoms with Crippen molar-refractivity contribution >= 4 is 45.9 Å². The molecule has 4 nitrogen and oxygen atoms in total. The first-order valence-electron chi connectivity index (χ1n) is 7.92. The van der Waals surface area contributed by atoms with E-state index in [1.807, 2.05) is 12.1 Å². The van der Waals surface area contributed by atoms with Gasteiger partial charge in [0.1, 0.15) is 11.3 Å². The van der Waals surface area contributed by atoms with Crippen molar-refractivity contribution in [3.63, 3.8) is 0 Å². The molecule has 4 rings (SSSR count). The topological polar surface area (TPSA) is 55.1 Å². The Morgan fingerprint density at radius 3 is 2.52 bits per heavy atom. The second-order valence-corrected chi connectivity index (χ2v) is 6.64. The fourth-order valence-corrected chi connectivity index (χ4v) is 2.81. The predicted molar refractivity (Wildman–Crippen MR) is 104 cm³/mol. The van der Waals surface area contributed by atoms with Gasteiger partial charge in [-0.3, -0.25) is 4.79 Å². The van der Waals surface area contributed by atoms with Crippen LogP contribution in [0.4, 0.5) is 10.1 Å². The number of nitrogens with one attached hydrogen (secondary N) is 1. The van der Waals surface area contributed by atoms with E-state index in [0.29, 0.717) is 27.7 Å². The molecule has 0 saturated heterocycles. The minimum absolute atomic E-state index is 0.0368. The van der Waals surface area contributed by atoms with Gasteiger partial charge in [-0.25, -0.2) is 9.37 Å². The van der Waals surface area contributed by atoms with E-state index >= 15 is 0 Å². The maximum Gasteiger partial charge on any atom is 0.255 e. The second kappa shape index (κ2) is 7.02. The van der Waals surface area contributed by atoms with Crippen LogP contribution in [0.15, 0.2) is 65.1 Å². The molecular weight excluding hydrogens is 390 g/mol. The Bertz CT molecular complexity index is 1160. The Morgan fingerprint density at radius 1 is 1.00 bits per heavy atom. The van der Waals surface area contributed by atoms with Crippen molar-refractivity contribution < 1.29 is 13.6 Å². The molecule has 0 spiro atoms. The molecule has 7 heteroatoms. The van der Waals surface area contributed by atoms with Crippen molar-refractivity contribution in [3.05, 3.63) is 82.1 Å². The monoisotopic (exact) mass is 400 g/mol. The first-order chi connectivity index (χ1) is 13.0. The second-order valence-electron chi connectivity index (χ2n) is 5.79. The number of benzene rings is 3. The highest BCUT2D eigenvalue weighted by molar-refractivity contribution is 6.31. The molecule has 0 unspecified atom stereocenters. The Balaban J connectivity index is 1.60. The van der Waals surface area contributed by atoms with Gasteiger partial charge in [-0.1, -0.05) is 23.2 Å². The Morgan fingerprint density at radius 2 is 1.78 bits per heavy atom. The number of fused-ring (bicyclic) bond motifs is 1. The van der Waals surface area contributed by atoms with E-state index in [4.69, 9.17) is 27.6 Å². The summed E-state index contributed by atoms with van der Waals surface area (Å²) in [7, 11) is 0. The van der Waals surface area contributed by atoms with Crippen molar-refractivity contribution in [1.82, 2.24) is 4.98 Å². The van der Waals surface area contributed by atoms with Gasteiger partial charge in [0.2, 0.25) is 5.89 Å². The summed E-state index contributed by atoms with van der Waals surface area (Å²) in [6.07, 6.45) is 0. The number of carbonyl (C=O) groups excluding carboxylic acids is 1. The zero-order valence-electron chi connectivity index (χ0n) is 13.7. The van der Waals surface area contributed by atoms with Crippen LogP contribution in [0.3, 0.4) is 0 Å². The number of halogens is 3. The molecule has 1 heterocycles. The summed E-state index contributed by atoms with van der Waals surface area (Å²) >= 11 is 11.5. The Kier molecular flexibility index (Phi) is 4.56. The van der Waals surface area contributed by atoms with Gasteiger partial charge >= 0.3 is 0 Å². The van der Waals surface area contributed by atoms with Gasteiger partial charge in [-0.05, 0) is 60.7 Å². The highest BCUT2D eigenvalue weighted by Gasteiger charge is 2.12. The smallest absolute Gasteiger partial charge is 0.255 e. The van der Waals surface area contributed by atoms with Crippen LogP contribution >= 0.6 is 23.2 Å². The normalized spacial score (nSPS) is 10.9. The molecule has 3 aromatic carbocycles. The molecule has 0 aliphatic heterocycles. The third kappa shape index (κ3) is 3.65. The summed E-state index contributed by atoms with van der Waals surface area (Å²) in [5, 5.41) is 3.29. The molecule has 0 aliphatic carbocycles. The Hall–Kier alpha value is -2.89. The van der Waals surface area contributed by atoms with Crippen molar-refractivity contribution in [2.45, 2.75) is 0 Å². The average Bonchev–Trinajstić information content (AvgIpc) is 3.07. The van der Waals surface area contributed by atoms with E-state index in [1.165, 1.54) is 12.1 Å². The number of rotatable bonds is 3. The molecule has 1 aromatic heterocycles. The molecule has 1 N–H and O–H groups in total. The lowest BCUT2D eigenvalue weighted by atomic mass is 10.2. The van der Waals surface area contributed by atoms with E-state index in [1.54, 1.807) is 30.3 Å². The molecule has 27 heavy (non-hydrogen) atoms. The lowest BCUT2D eigenvalue weighted by Crippen LogP contribution is -2.12. The minimum atomic E-state index is -0.649. The first-order valence-corrected chi connectivity index (χ1v) is 8.68. The van der Waals surface area contributed by atoms with Crippen molar-refractivity contribution in [2.75, 3.05) is 5.32 Å². The van der Waals surface area contributed by atoms with Gasteiger partial charge in [-0.2, -0.15) is 0 Å². The van der Waals surface area contributed by atoms with Gasteiger partial charge < -0.3 is 9.73 Å². The maximum absolute atomic E-state index is 13.5. The van der Waals surface area contributed by atoms with Crippen molar-refractivity contribution in [1.29, 1.82) is 0 Å². The number of anilines is 1. The van der Waals surface area contributed by atoms with Crippen LogP contribution in [-0.2, 0) is 0 Å². The molecule has 4 aromatic rings. The van der Waals surface area contributed by atoms with Gasteiger partial charge in [0, 0.05) is 21.8 Å². The lowest BCUT2D eigenvalue weighted by Gasteiger charge is -2.05. The molecule has 0 atom stereocenters. The van der Waals surface area contributed by atoms with E-state index in [9.17, 15) is 9.18 Å². The fourth-order valence-electron chi connectivity index (χ4n) is 2.56. The number of carbonyl (C=O) groups is 1. The van der Waals surface area contributed by atoms with Gasteiger partial charge in [0.25, 0.3) is 5.91 Å². The largest absolute Gasteiger partial charge is 0.436 e. The van der Waals surface area contributed by atoms with Crippen LogP contribution in [0.2, 0.25) is 10.0 Å². The summed E-state index contributed by atoms with van der Waals surface area (Å²) in [6.45, 7) is 0. The van der Waals surface area contributed by atoms with E-state index in [0.717, 1.165) is 11.6 Å². The molecule has 0 saturated carbocycles. The van der Waals surface area contributed by atoms with Crippen molar-refractivity contribution in [2.24, 2.45) is 0 Å². The van der Waals surface area contributed by atoms with Crippen LogP contribution < -0.4 is 5.32 Å². The molecule has 134 valence electrons. The van der Waals surface area contributed by atoms with Crippen LogP contribution in [0.5, 0.6) is 0 Å². The summed E-state index contributed by atoms with van der Waals surface area (Å²) in [6, 6.07) is 16.1. The quantitative estimate of drug-likeness (QED) is 0.445. The standard InChI is InChI=1S/C20H11Cl2FN2O2/c21-13-4-1-11(2-5-13)20-25-17-10-14(6-8-18(17)27-20)24-19(26)12-3-7-15(22)16(23)9-12/h1-10H,(H,24,26). The highest BCUT2D eigenvalue weighted by Crippen LogP contribution is 2.27. The number of hydrogen-bond donors (Lipinski definition) is 1. The zero-order valence-corrected chi connectivity index (χ0v) is 15.2. The minimum Gasteiger partial charge on any atom is -0.436 e. The fraction of sp³-hybridized carbons (Fsp3) is 0. The lowest BCUT2D eigenvalue weighted by molar-refractivity contribution is 0.102. The number of nitrogens with zero attached hydrogens (tertiary/aromatic N) is 1. The van der Waals surface area contributed by atoms with Crippen LogP contribution in [0, 0.1) is 5.82 Å². The number of hydrogen-bond acceptors (Lipinski definition) is 3. The van der Waals surface area contributed by atoms with Gasteiger partial charge in [0.05, 0.1) is 5.02 Å². The molecule has 0 radical (unpaired) electrons. The van der Waals surface area contributed by atoms with Crippen molar-refractivity contribution in [3.8, 4) is 11.5 Å². The van der Waals surface area contributed by atoms with Gasteiger partial charge in [0.15, 0.2) is 5.58 Å². The molecule has 0 aliphatic rings. The molecule has 0 bridgehead atoms. The summed E-state index contributed by atoms with van der Waals surface area (Å²) in [5.74, 6) is -0.653. The molecular formula is C20H11Cl2FN2O2. The summed E-state index contributed by atoms with van der Waals surface area (Å²) < 4.78 is 19.3. The predicted octanol–water partition coefficient (Wildman–Crippen LogP) is 6.19. The summed E-state index contributed by atoms with van der Waals surface area (Å²) in [4.78, 5) is 16.7. The Labute approximate surface area is 163 Å². The highest BCUT2D eigenvalue weighted by atomic mass is 35.5. The van der Waals surface area contributed by atoms with E-state index < -0.39 is 11.7 Å². The number of amides is 1. The molecule has 1 amide bonds. The van der Waals surface area contributed by atoms with Crippen LogP contribution in [0.1, 0.15) is 10.4 Å². The average molecular weight is 401 g/mol. The molecule has 0 fully saturated rings. The van der Waals surface area contributed by atoms with Crippen LogP contribution in [0.25, 0.3) is 22.6 Å². The maximum atomic E-state index is 13.5. The van der Waals surface area contributed by atoms with E-state index in [2.05, 4.69) is 10.3 Å². The SMILES string of the molecule is O=C(Nc1ccc2oc(-c3ccc(Cl)cc3)nc2c1)c1ccc(Cl)c(F)c1. The first kappa shape index (κ1) is 17.5. The third-order valence-corrected chi connectivity index (χ3v) is 4.48. The number of aromatic nitrogens is 1. The zero-order chi connectivity index (χ0) is 19.0. The van der Waals surface area contributed by atoms with E-state index in [-0.39, 0.29) is 10.6 Å².